The van der Waals surface area contributed by atoms with Gasteiger partial charge in [-0.25, -0.2) is 4.79 Å². The Kier molecular flexibility index (Phi) is 3.91. The number of carbonyl (C=O) groups is 2. The van der Waals surface area contributed by atoms with Crippen molar-refractivity contribution < 1.29 is 19.4 Å². The van der Waals surface area contributed by atoms with Crippen LogP contribution in [0.2, 0.25) is 0 Å². The van der Waals surface area contributed by atoms with Gasteiger partial charge in [0, 0.05) is 7.11 Å². The van der Waals surface area contributed by atoms with E-state index in [1.165, 1.54) is 7.11 Å². The van der Waals surface area contributed by atoms with Gasteiger partial charge in [0.15, 0.2) is 0 Å². The molecule has 1 amide bonds. The van der Waals surface area contributed by atoms with Crippen LogP contribution in [0.4, 0.5) is 0 Å². The van der Waals surface area contributed by atoms with Crippen molar-refractivity contribution in [3.05, 3.63) is 0 Å². The molecule has 1 saturated carbocycles. The quantitative estimate of drug-likeness (QED) is 0.705. The van der Waals surface area contributed by atoms with E-state index >= 15 is 0 Å². The standard InChI is InChI=1S/C11H19NO4/c1-11(2,16-3)6-8(13)12-9(10(14)15)7-4-5-7/h7,9H,4-6H2,1-3H3,(H,12,13)(H,14,15). The monoisotopic (exact) mass is 229 g/mol. The second-order valence-corrected chi connectivity index (χ2v) is 4.86. The van der Waals surface area contributed by atoms with Gasteiger partial charge < -0.3 is 15.2 Å². The summed E-state index contributed by atoms with van der Waals surface area (Å²) in [6.45, 7) is 3.58. The SMILES string of the molecule is COC(C)(C)CC(=O)NC(C(=O)O)C1CC1. The van der Waals surface area contributed by atoms with E-state index in [0.717, 1.165) is 12.8 Å². The number of carboxylic acid groups (broad SMARTS) is 1. The first-order chi connectivity index (χ1) is 7.35. The van der Waals surface area contributed by atoms with Crippen LogP contribution in [0.15, 0.2) is 0 Å². The van der Waals surface area contributed by atoms with Gasteiger partial charge in [-0.1, -0.05) is 0 Å². The lowest BCUT2D eigenvalue weighted by molar-refractivity contribution is -0.143. The van der Waals surface area contributed by atoms with Gasteiger partial charge in [0.1, 0.15) is 6.04 Å². The smallest absolute Gasteiger partial charge is 0.326 e. The highest BCUT2D eigenvalue weighted by molar-refractivity contribution is 5.84. The van der Waals surface area contributed by atoms with Crippen LogP contribution in [0.25, 0.3) is 0 Å². The molecule has 92 valence electrons. The molecule has 0 aromatic carbocycles. The predicted octanol–water partition coefficient (Wildman–Crippen LogP) is 0.781. The lowest BCUT2D eigenvalue weighted by atomic mass is 10.0. The molecule has 0 heterocycles. The summed E-state index contributed by atoms with van der Waals surface area (Å²) in [4.78, 5) is 22.5. The molecule has 1 fully saturated rings. The minimum atomic E-state index is -0.953. The van der Waals surface area contributed by atoms with E-state index in [1.54, 1.807) is 13.8 Å². The van der Waals surface area contributed by atoms with Crippen LogP contribution >= 0.6 is 0 Å². The zero-order valence-corrected chi connectivity index (χ0v) is 9.95. The zero-order valence-electron chi connectivity index (χ0n) is 9.95. The molecule has 0 radical (unpaired) electrons. The molecule has 1 aliphatic rings. The van der Waals surface area contributed by atoms with Crippen molar-refractivity contribution in [1.29, 1.82) is 0 Å². The molecule has 2 N–H and O–H groups in total. The molecule has 5 nitrogen and oxygen atoms in total. The number of hydrogen-bond acceptors (Lipinski definition) is 3. The molecule has 1 rings (SSSR count). The van der Waals surface area contributed by atoms with Crippen LogP contribution < -0.4 is 5.32 Å². The highest BCUT2D eigenvalue weighted by Crippen LogP contribution is 2.32. The van der Waals surface area contributed by atoms with E-state index < -0.39 is 17.6 Å². The first kappa shape index (κ1) is 13.0. The van der Waals surface area contributed by atoms with Crippen LogP contribution in [0.1, 0.15) is 33.1 Å². The van der Waals surface area contributed by atoms with Crippen LogP contribution in [0, 0.1) is 5.92 Å². The third-order valence-corrected chi connectivity index (χ3v) is 2.81. The molecule has 0 aliphatic heterocycles. The first-order valence-corrected chi connectivity index (χ1v) is 5.43. The fourth-order valence-electron chi connectivity index (χ4n) is 1.49. The molecule has 0 bridgehead atoms. The molecule has 0 aromatic heterocycles. The Balaban J connectivity index is 2.46. The maximum Gasteiger partial charge on any atom is 0.326 e. The maximum atomic E-state index is 11.6. The fourth-order valence-corrected chi connectivity index (χ4v) is 1.49. The summed E-state index contributed by atoms with van der Waals surface area (Å²) in [5, 5.41) is 11.5. The average molecular weight is 229 g/mol. The van der Waals surface area contributed by atoms with E-state index in [2.05, 4.69) is 5.32 Å². The summed E-state index contributed by atoms with van der Waals surface area (Å²) < 4.78 is 5.12. The molecule has 5 heteroatoms. The molecule has 0 saturated heterocycles. The van der Waals surface area contributed by atoms with Crippen molar-refractivity contribution in [2.24, 2.45) is 5.92 Å². The number of amides is 1. The van der Waals surface area contributed by atoms with E-state index in [4.69, 9.17) is 9.84 Å². The molecule has 0 spiro atoms. The van der Waals surface area contributed by atoms with E-state index in [0.29, 0.717) is 0 Å². The second-order valence-electron chi connectivity index (χ2n) is 4.86. The Morgan fingerprint density at radius 3 is 2.44 bits per heavy atom. The van der Waals surface area contributed by atoms with E-state index in [-0.39, 0.29) is 18.2 Å². The maximum absolute atomic E-state index is 11.6. The lowest BCUT2D eigenvalue weighted by Gasteiger charge is -2.23. The van der Waals surface area contributed by atoms with Crippen molar-refractivity contribution in [3.63, 3.8) is 0 Å². The fraction of sp³-hybridized carbons (Fsp3) is 0.818. The minimum absolute atomic E-state index is 0.104. The topological polar surface area (TPSA) is 75.6 Å². The van der Waals surface area contributed by atoms with Gasteiger partial charge in [-0.15, -0.1) is 0 Å². The number of carbonyl (C=O) groups excluding carboxylic acids is 1. The summed E-state index contributed by atoms with van der Waals surface area (Å²) in [6.07, 6.45) is 1.93. The number of carboxylic acids is 1. The van der Waals surface area contributed by atoms with E-state index in [9.17, 15) is 9.59 Å². The van der Waals surface area contributed by atoms with Gasteiger partial charge >= 0.3 is 5.97 Å². The Labute approximate surface area is 95.2 Å². The molecule has 1 aliphatic carbocycles. The minimum Gasteiger partial charge on any atom is -0.480 e. The Hall–Kier alpha value is -1.10. The van der Waals surface area contributed by atoms with Crippen molar-refractivity contribution >= 4 is 11.9 Å². The number of nitrogens with one attached hydrogen (secondary N) is 1. The van der Waals surface area contributed by atoms with Crippen molar-refractivity contribution in [3.8, 4) is 0 Å². The largest absolute Gasteiger partial charge is 0.480 e. The Morgan fingerprint density at radius 1 is 1.50 bits per heavy atom. The number of ether oxygens (including phenoxy) is 1. The summed E-state index contributed by atoms with van der Waals surface area (Å²) in [5.74, 6) is -1.12. The lowest BCUT2D eigenvalue weighted by Crippen LogP contribution is -2.44. The number of methoxy groups -OCH3 is 1. The third kappa shape index (κ3) is 3.81. The van der Waals surface area contributed by atoms with Gasteiger partial charge in [0.25, 0.3) is 0 Å². The average Bonchev–Trinajstić information content (AvgIpc) is 2.96. The predicted molar refractivity (Wildman–Crippen MR) is 58.0 cm³/mol. The van der Waals surface area contributed by atoms with Crippen LogP contribution in [-0.2, 0) is 14.3 Å². The third-order valence-electron chi connectivity index (χ3n) is 2.81. The van der Waals surface area contributed by atoms with Gasteiger partial charge in [0.2, 0.25) is 5.91 Å². The van der Waals surface area contributed by atoms with Gasteiger partial charge in [-0.3, -0.25) is 4.79 Å². The van der Waals surface area contributed by atoms with Gasteiger partial charge in [-0.2, -0.15) is 0 Å². The van der Waals surface area contributed by atoms with Crippen molar-refractivity contribution in [1.82, 2.24) is 5.32 Å². The summed E-state index contributed by atoms with van der Waals surface area (Å²) in [6, 6.07) is -0.736. The summed E-state index contributed by atoms with van der Waals surface area (Å²) in [5.41, 5.74) is -0.559. The Bertz CT molecular complexity index is 284. The number of hydrogen-bond donors (Lipinski definition) is 2. The molecule has 1 unspecified atom stereocenters. The van der Waals surface area contributed by atoms with Crippen LogP contribution in [0.3, 0.4) is 0 Å². The van der Waals surface area contributed by atoms with Gasteiger partial charge in [-0.05, 0) is 32.6 Å². The van der Waals surface area contributed by atoms with Crippen molar-refractivity contribution in [2.75, 3.05) is 7.11 Å². The Morgan fingerprint density at radius 2 is 2.06 bits per heavy atom. The molecule has 16 heavy (non-hydrogen) atoms. The molecular formula is C11H19NO4. The zero-order chi connectivity index (χ0) is 12.3. The molecular weight excluding hydrogens is 210 g/mol. The van der Waals surface area contributed by atoms with Gasteiger partial charge in [0.05, 0.1) is 12.0 Å². The summed E-state index contributed by atoms with van der Waals surface area (Å²) >= 11 is 0. The molecule has 0 aromatic rings. The highest BCUT2D eigenvalue weighted by atomic mass is 16.5. The summed E-state index contributed by atoms with van der Waals surface area (Å²) in [7, 11) is 1.53. The number of aliphatic carboxylic acids is 1. The molecule has 1 atom stereocenters. The second kappa shape index (κ2) is 4.82. The van der Waals surface area contributed by atoms with Crippen LogP contribution in [-0.4, -0.2) is 35.7 Å². The highest BCUT2D eigenvalue weighted by Gasteiger charge is 2.37. The van der Waals surface area contributed by atoms with E-state index in [1.807, 2.05) is 0 Å². The van der Waals surface area contributed by atoms with Crippen molar-refractivity contribution in [2.45, 2.75) is 44.8 Å². The normalized spacial score (nSPS) is 17.9. The first-order valence-electron chi connectivity index (χ1n) is 5.43. The van der Waals surface area contributed by atoms with Crippen LogP contribution in [0.5, 0.6) is 0 Å². The number of rotatable bonds is 6.